The van der Waals surface area contributed by atoms with E-state index >= 15 is 0 Å². The number of anilines is 1. The van der Waals surface area contributed by atoms with Crippen molar-refractivity contribution in [2.45, 2.75) is 52.1 Å². The van der Waals surface area contributed by atoms with Gasteiger partial charge in [0.05, 0.1) is 19.1 Å². The zero-order valence-corrected chi connectivity index (χ0v) is 25.2. The van der Waals surface area contributed by atoms with Crippen LogP contribution in [0.3, 0.4) is 0 Å². The number of hydrogen-bond donors (Lipinski definition) is 1. The summed E-state index contributed by atoms with van der Waals surface area (Å²) in [7, 11) is -2.15. The van der Waals surface area contributed by atoms with E-state index in [2.05, 4.69) is 5.32 Å². The first-order valence-electron chi connectivity index (χ1n) is 13.9. The van der Waals surface area contributed by atoms with Crippen molar-refractivity contribution in [1.29, 1.82) is 0 Å². The van der Waals surface area contributed by atoms with E-state index in [0.29, 0.717) is 24.4 Å². The number of methoxy groups -OCH3 is 1. The van der Waals surface area contributed by atoms with E-state index in [-0.39, 0.29) is 37.7 Å². The van der Waals surface area contributed by atoms with Gasteiger partial charge in [0.1, 0.15) is 11.8 Å². The van der Waals surface area contributed by atoms with Crippen LogP contribution in [0.5, 0.6) is 5.75 Å². The van der Waals surface area contributed by atoms with Crippen LogP contribution in [0.15, 0.2) is 78.9 Å². The Balaban J connectivity index is 1.88. The van der Waals surface area contributed by atoms with Gasteiger partial charge in [0.2, 0.25) is 21.8 Å². The summed E-state index contributed by atoms with van der Waals surface area (Å²) >= 11 is 0. The molecule has 0 unspecified atom stereocenters. The maximum atomic E-state index is 13.9. The molecule has 3 aromatic carbocycles. The fourth-order valence-corrected chi connectivity index (χ4v) is 5.71. The first-order valence-corrected chi connectivity index (χ1v) is 15.8. The molecule has 3 aromatic rings. The Labute approximate surface area is 244 Å². The van der Waals surface area contributed by atoms with Gasteiger partial charge < -0.3 is 15.0 Å². The number of hydrogen-bond acceptors (Lipinski definition) is 5. The second-order valence-electron chi connectivity index (χ2n) is 10.1. The van der Waals surface area contributed by atoms with Gasteiger partial charge in [-0.15, -0.1) is 0 Å². The first-order chi connectivity index (χ1) is 19.6. The molecule has 1 atom stereocenters. The predicted octanol–water partition coefficient (Wildman–Crippen LogP) is 4.72. The van der Waals surface area contributed by atoms with Crippen molar-refractivity contribution < 1.29 is 22.7 Å². The van der Waals surface area contributed by atoms with Gasteiger partial charge in [0.15, 0.2) is 0 Å². The Hall–Kier alpha value is -3.85. The summed E-state index contributed by atoms with van der Waals surface area (Å²) in [5, 5.41) is 2.98. The lowest BCUT2D eigenvalue weighted by atomic mass is 10.0. The molecule has 0 aliphatic carbocycles. The summed E-state index contributed by atoms with van der Waals surface area (Å²) in [5.41, 5.74) is 3.35. The fraction of sp³-hybridized carbons (Fsp3) is 0.375. The highest BCUT2D eigenvalue weighted by Crippen LogP contribution is 2.30. The minimum Gasteiger partial charge on any atom is -0.495 e. The average molecular weight is 580 g/mol. The summed E-state index contributed by atoms with van der Waals surface area (Å²) in [5.74, 6) is 0.0110. The molecular formula is C32H41N3O5S. The summed E-state index contributed by atoms with van der Waals surface area (Å²) in [6.45, 7) is 4.84. The number of nitrogens with zero attached hydrogens (tertiary/aromatic N) is 2. The monoisotopic (exact) mass is 579 g/mol. The highest BCUT2D eigenvalue weighted by molar-refractivity contribution is 7.92. The Morgan fingerprint density at radius 3 is 2.29 bits per heavy atom. The van der Waals surface area contributed by atoms with Crippen molar-refractivity contribution in [3.05, 3.63) is 95.6 Å². The van der Waals surface area contributed by atoms with Gasteiger partial charge in [-0.05, 0) is 43.0 Å². The maximum Gasteiger partial charge on any atom is 0.243 e. The molecule has 0 aliphatic rings. The molecule has 0 bridgehead atoms. The Kier molecular flexibility index (Phi) is 11.8. The minimum absolute atomic E-state index is 0.0688. The van der Waals surface area contributed by atoms with Crippen LogP contribution in [0.4, 0.5) is 5.69 Å². The standard InChI is InChI=1S/C32H41N3O5S/c1-5-20-33-32(37)29(23-26-14-7-6-8-15-26)34(24-27-16-11-13-25(2)22-27)31(36)19-12-21-35(41(4,38)39)28-17-9-10-18-30(28)40-3/h6-11,13-18,22,29H,5,12,19-21,23-24H2,1-4H3,(H,33,37)/t29-/m1/s1. The topological polar surface area (TPSA) is 96.0 Å². The van der Waals surface area contributed by atoms with Crippen molar-refractivity contribution in [2.24, 2.45) is 0 Å². The molecule has 0 saturated heterocycles. The zero-order chi connectivity index (χ0) is 29.8. The van der Waals surface area contributed by atoms with Crippen LogP contribution in [-0.4, -0.2) is 57.6 Å². The van der Waals surface area contributed by atoms with E-state index in [4.69, 9.17) is 4.74 Å². The van der Waals surface area contributed by atoms with Crippen molar-refractivity contribution in [3.8, 4) is 5.75 Å². The molecule has 41 heavy (non-hydrogen) atoms. The third-order valence-corrected chi connectivity index (χ3v) is 7.94. The molecule has 0 aliphatic heterocycles. The quantitative estimate of drug-likeness (QED) is 0.281. The highest BCUT2D eigenvalue weighted by Gasteiger charge is 2.30. The number of sulfonamides is 1. The van der Waals surface area contributed by atoms with E-state index in [0.717, 1.165) is 29.4 Å². The Morgan fingerprint density at radius 1 is 0.951 bits per heavy atom. The number of amides is 2. The second-order valence-corrected chi connectivity index (χ2v) is 12.0. The Morgan fingerprint density at radius 2 is 1.63 bits per heavy atom. The number of para-hydroxylation sites is 2. The van der Waals surface area contributed by atoms with Gasteiger partial charge in [0.25, 0.3) is 0 Å². The summed E-state index contributed by atoms with van der Waals surface area (Å²) in [6.07, 6.45) is 2.62. The van der Waals surface area contributed by atoms with Gasteiger partial charge in [-0.2, -0.15) is 0 Å². The van der Waals surface area contributed by atoms with Crippen molar-refractivity contribution in [2.75, 3.05) is 30.8 Å². The van der Waals surface area contributed by atoms with Crippen LogP contribution in [0, 0.1) is 6.92 Å². The number of benzene rings is 3. The van der Waals surface area contributed by atoms with Gasteiger partial charge in [-0.25, -0.2) is 8.42 Å². The van der Waals surface area contributed by atoms with E-state index < -0.39 is 16.1 Å². The molecule has 3 rings (SSSR count). The molecule has 9 heteroatoms. The van der Waals surface area contributed by atoms with Gasteiger partial charge >= 0.3 is 0 Å². The van der Waals surface area contributed by atoms with Gasteiger partial charge in [-0.3, -0.25) is 13.9 Å². The molecule has 8 nitrogen and oxygen atoms in total. The van der Waals surface area contributed by atoms with Crippen LogP contribution in [0.1, 0.15) is 42.9 Å². The molecule has 0 saturated carbocycles. The van der Waals surface area contributed by atoms with E-state index in [1.54, 1.807) is 29.2 Å². The molecule has 0 fully saturated rings. The molecule has 0 heterocycles. The molecular weight excluding hydrogens is 538 g/mol. The van der Waals surface area contributed by atoms with Crippen molar-refractivity contribution in [1.82, 2.24) is 10.2 Å². The van der Waals surface area contributed by atoms with Gasteiger partial charge in [-0.1, -0.05) is 79.2 Å². The maximum absolute atomic E-state index is 13.9. The molecule has 0 spiro atoms. The molecule has 1 N–H and O–H groups in total. The fourth-order valence-electron chi connectivity index (χ4n) is 4.75. The molecule has 0 aromatic heterocycles. The van der Waals surface area contributed by atoms with E-state index in [9.17, 15) is 18.0 Å². The van der Waals surface area contributed by atoms with Crippen LogP contribution in [0.25, 0.3) is 0 Å². The van der Waals surface area contributed by atoms with Crippen LogP contribution >= 0.6 is 0 Å². The smallest absolute Gasteiger partial charge is 0.243 e. The van der Waals surface area contributed by atoms with Crippen LogP contribution in [-0.2, 0) is 32.6 Å². The normalized spacial score (nSPS) is 11.9. The SMILES string of the molecule is CCCNC(=O)[C@@H](Cc1ccccc1)N(Cc1cccc(C)c1)C(=O)CCCN(c1ccccc1OC)S(C)(=O)=O. The van der Waals surface area contributed by atoms with Gasteiger partial charge in [0, 0.05) is 32.5 Å². The number of nitrogens with one attached hydrogen (secondary N) is 1. The van der Waals surface area contributed by atoms with E-state index in [1.807, 2.05) is 68.4 Å². The third-order valence-electron chi connectivity index (χ3n) is 6.76. The lowest BCUT2D eigenvalue weighted by Gasteiger charge is -2.32. The number of rotatable bonds is 15. The number of carbonyl (C=O) groups is 2. The minimum atomic E-state index is -3.64. The number of aryl methyl sites for hydroxylation is 1. The van der Waals surface area contributed by atoms with Crippen molar-refractivity contribution >= 4 is 27.5 Å². The predicted molar refractivity (Wildman–Crippen MR) is 163 cm³/mol. The lowest BCUT2D eigenvalue weighted by molar-refractivity contribution is -0.141. The van der Waals surface area contributed by atoms with Crippen molar-refractivity contribution in [3.63, 3.8) is 0 Å². The molecule has 2 amide bonds. The molecule has 220 valence electrons. The summed E-state index contributed by atoms with van der Waals surface area (Å²) in [4.78, 5) is 29.0. The zero-order valence-electron chi connectivity index (χ0n) is 24.4. The largest absolute Gasteiger partial charge is 0.495 e. The third kappa shape index (κ3) is 9.35. The summed E-state index contributed by atoms with van der Waals surface area (Å²) in [6, 6.07) is 23.7. The Bertz CT molecular complexity index is 1400. The average Bonchev–Trinajstić information content (AvgIpc) is 2.95. The lowest BCUT2D eigenvalue weighted by Crippen LogP contribution is -2.50. The first kappa shape index (κ1) is 31.7. The van der Waals surface area contributed by atoms with E-state index in [1.165, 1.54) is 11.4 Å². The summed E-state index contributed by atoms with van der Waals surface area (Å²) < 4.78 is 32.1. The molecule has 0 radical (unpaired) electrons. The number of carbonyl (C=O) groups excluding carboxylic acids is 2. The highest BCUT2D eigenvalue weighted by atomic mass is 32.2. The van der Waals surface area contributed by atoms with Crippen LogP contribution < -0.4 is 14.4 Å². The van der Waals surface area contributed by atoms with Crippen LogP contribution in [0.2, 0.25) is 0 Å². The second kappa shape index (κ2) is 15.2. The number of ether oxygens (including phenoxy) is 1.